The second-order valence-corrected chi connectivity index (χ2v) is 13.6. The van der Waals surface area contributed by atoms with Gasteiger partial charge in [0.1, 0.15) is 11.6 Å². The maximum atomic E-state index is 13.5. The molecule has 4 nitrogen and oxygen atoms in total. The van der Waals surface area contributed by atoms with Crippen molar-refractivity contribution in [3.05, 3.63) is 95.9 Å². The predicted octanol–water partition coefficient (Wildman–Crippen LogP) is 8.27. The third kappa shape index (κ3) is 5.91. The molecule has 0 amide bonds. The molecule has 2 N–H and O–H groups in total. The summed E-state index contributed by atoms with van der Waals surface area (Å²) in [5.41, 5.74) is 4.46. The number of nitrogens with one attached hydrogen (secondary N) is 2. The molecule has 4 aromatic rings. The topological polar surface area (TPSA) is 38.1 Å². The molecule has 4 bridgehead atoms. The second kappa shape index (κ2) is 12.6. The third-order valence-electron chi connectivity index (χ3n) is 11.0. The highest BCUT2D eigenvalue weighted by Crippen LogP contribution is 2.37. The Kier molecular flexibility index (Phi) is 8.48. The zero-order chi connectivity index (χ0) is 30.2. The van der Waals surface area contributed by atoms with Gasteiger partial charge < -0.3 is 9.97 Å². The van der Waals surface area contributed by atoms with Crippen LogP contribution in [0.1, 0.15) is 50.7 Å². The highest BCUT2D eigenvalue weighted by atomic mass is 19.1. The molecule has 10 rings (SSSR count). The Hall–Kier alpha value is -3.22. The van der Waals surface area contributed by atoms with E-state index in [2.05, 4.69) is 57.9 Å². The summed E-state index contributed by atoms with van der Waals surface area (Å²) >= 11 is 0. The second-order valence-electron chi connectivity index (χ2n) is 13.6. The van der Waals surface area contributed by atoms with Crippen LogP contribution in [0.2, 0.25) is 0 Å². The van der Waals surface area contributed by atoms with E-state index in [0.29, 0.717) is 12.1 Å². The van der Waals surface area contributed by atoms with Gasteiger partial charge in [0.2, 0.25) is 0 Å². The van der Waals surface area contributed by atoms with Crippen molar-refractivity contribution in [1.29, 1.82) is 0 Å². The molecule has 2 aromatic heterocycles. The molecular formula is C38H46F2N4. The minimum Gasteiger partial charge on any atom is -0.361 e. The van der Waals surface area contributed by atoms with Gasteiger partial charge in [0.05, 0.1) is 0 Å². The zero-order valence-corrected chi connectivity index (χ0v) is 26.1. The molecule has 2 saturated heterocycles. The number of halogens is 2. The number of nitrogens with zero attached hydrogens (tertiary/aromatic N) is 2. The quantitative estimate of drug-likeness (QED) is 0.201. The fourth-order valence-electron chi connectivity index (χ4n) is 8.57. The lowest BCUT2D eigenvalue weighted by Crippen LogP contribution is -2.50. The molecule has 6 aliphatic rings. The summed E-state index contributed by atoms with van der Waals surface area (Å²) in [4.78, 5) is 11.7. The van der Waals surface area contributed by atoms with Gasteiger partial charge in [0.15, 0.2) is 0 Å². The predicted molar refractivity (Wildman–Crippen MR) is 177 cm³/mol. The number of aromatic amines is 2. The lowest BCUT2D eigenvalue weighted by Gasteiger charge is -2.46. The highest BCUT2D eigenvalue weighted by molar-refractivity contribution is 5.83. The van der Waals surface area contributed by atoms with E-state index in [1.807, 2.05) is 24.5 Å². The van der Waals surface area contributed by atoms with Crippen molar-refractivity contribution in [3.63, 3.8) is 0 Å². The molecule has 6 heterocycles. The van der Waals surface area contributed by atoms with Crippen LogP contribution in [0, 0.1) is 35.3 Å². The molecule has 6 atom stereocenters. The Morgan fingerprint density at radius 3 is 1.80 bits per heavy atom. The van der Waals surface area contributed by atoms with Gasteiger partial charge >= 0.3 is 0 Å². The van der Waals surface area contributed by atoms with Crippen molar-refractivity contribution in [2.75, 3.05) is 26.2 Å². The van der Waals surface area contributed by atoms with Crippen LogP contribution in [0.5, 0.6) is 0 Å². The lowest BCUT2D eigenvalue weighted by atomic mass is 9.76. The fourth-order valence-corrected chi connectivity index (χ4v) is 8.57. The lowest BCUT2D eigenvalue weighted by molar-refractivity contribution is 0.0826. The summed E-state index contributed by atoms with van der Waals surface area (Å²) in [6.07, 6.45) is 21.0. The van der Waals surface area contributed by atoms with Gasteiger partial charge in [0, 0.05) is 72.5 Å². The smallest absolute Gasteiger partial charge is 0.125 e. The van der Waals surface area contributed by atoms with E-state index in [0.717, 1.165) is 71.4 Å². The van der Waals surface area contributed by atoms with Crippen molar-refractivity contribution >= 4 is 21.8 Å². The first-order chi connectivity index (χ1) is 21.5. The molecule has 232 valence electrons. The maximum absolute atomic E-state index is 13.5. The van der Waals surface area contributed by atoms with E-state index >= 15 is 0 Å². The van der Waals surface area contributed by atoms with E-state index in [1.165, 1.54) is 56.0 Å². The number of fused-ring (bicyclic) bond motifs is 6. The first-order valence-electron chi connectivity index (χ1n) is 16.8. The van der Waals surface area contributed by atoms with Gasteiger partial charge in [-0.3, -0.25) is 9.80 Å². The first-order valence-corrected chi connectivity index (χ1v) is 16.8. The number of benzene rings is 2. The normalized spacial score (nSPS) is 27.8. The Morgan fingerprint density at radius 2 is 1.20 bits per heavy atom. The molecule has 0 spiro atoms. The van der Waals surface area contributed by atoms with E-state index < -0.39 is 0 Å². The monoisotopic (exact) mass is 596 g/mol. The van der Waals surface area contributed by atoms with E-state index in [-0.39, 0.29) is 11.6 Å². The minimum atomic E-state index is -0.176. The van der Waals surface area contributed by atoms with Crippen molar-refractivity contribution in [3.8, 4) is 0 Å². The fraction of sp³-hybridized carbons (Fsp3) is 0.474. The zero-order valence-electron chi connectivity index (χ0n) is 26.1. The summed E-state index contributed by atoms with van der Waals surface area (Å²) < 4.78 is 26.7. The van der Waals surface area contributed by atoms with E-state index in [4.69, 9.17) is 0 Å². The standard InChI is InChI=1S/2C19H23FN2/c1-2-14-9-13-3-6-19(14)22(12-13)8-7-15-11-21-18-5-4-16(20)10-17(15)18;1-2-14-9-13-3-6-19(14)22(12-13)8-7-15-11-21-18-10-16(20)4-5-17(15)18/h2*3-6,10-11,13-14,19,21H,2,7-9,12H2,1H3. The van der Waals surface area contributed by atoms with Gasteiger partial charge in [0.25, 0.3) is 0 Å². The van der Waals surface area contributed by atoms with Crippen LogP contribution in [0.4, 0.5) is 8.78 Å². The van der Waals surface area contributed by atoms with Crippen molar-refractivity contribution in [2.24, 2.45) is 23.7 Å². The molecule has 2 aliphatic carbocycles. The van der Waals surface area contributed by atoms with Crippen molar-refractivity contribution in [2.45, 2.75) is 64.5 Å². The van der Waals surface area contributed by atoms with Gasteiger partial charge in [-0.15, -0.1) is 0 Å². The number of hydrogen-bond donors (Lipinski definition) is 2. The molecule has 0 saturated carbocycles. The van der Waals surface area contributed by atoms with Gasteiger partial charge in [-0.05, 0) is 96.9 Å². The van der Waals surface area contributed by atoms with Gasteiger partial charge in [-0.25, -0.2) is 8.78 Å². The van der Waals surface area contributed by atoms with Crippen LogP contribution in [0.25, 0.3) is 21.8 Å². The maximum Gasteiger partial charge on any atom is 0.125 e. The average molecular weight is 597 g/mol. The number of hydrogen-bond acceptors (Lipinski definition) is 2. The number of H-pyrrole nitrogens is 2. The van der Waals surface area contributed by atoms with Crippen LogP contribution in [0.15, 0.2) is 73.1 Å². The van der Waals surface area contributed by atoms with Crippen LogP contribution in [0.3, 0.4) is 0 Å². The Balaban J connectivity index is 0.000000142. The van der Waals surface area contributed by atoms with Crippen LogP contribution in [-0.4, -0.2) is 58.0 Å². The average Bonchev–Trinajstić information content (AvgIpc) is 3.66. The third-order valence-corrected chi connectivity index (χ3v) is 11.0. The van der Waals surface area contributed by atoms with E-state index in [9.17, 15) is 8.78 Å². The Bertz CT molecular complexity index is 1650. The molecule has 6 unspecified atom stereocenters. The van der Waals surface area contributed by atoms with E-state index in [1.54, 1.807) is 18.2 Å². The minimum absolute atomic E-state index is 0.153. The number of aromatic nitrogens is 2. The molecule has 44 heavy (non-hydrogen) atoms. The van der Waals surface area contributed by atoms with Gasteiger partial charge in [-0.2, -0.15) is 0 Å². The van der Waals surface area contributed by atoms with Crippen LogP contribution < -0.4 is 0 Å². The van der Waals surface area contributed by atoms with Crippen molar-refractivity contribution in [1.82, 2.24) is 19.8 Å². The summed E-state index contributed by atoms with van der Waals surface area (Å²) in [5, 5.41) is 2.19. The van der Waals surface area contributed by atoms with Gasteiger partial charge in [-0.1, -0.05) is 51.0 Å². The molecule has 0 radical (unpaired) electrons. The van der Waals surface area contributed by atoms with Crippen molar-refractivity contribution < 1.29 is 8.78 Å². The summed E-state index contributed by atoms with van der Waals surface area (Å²) in [7, 11) is 0. The summed E-state index contributed by atoms with van der Waals surface area (Å²) in [6.45, 7) is 9.16. The molecule has 6 heteroatoms. The first kappa shape index (κ1) is 29.5. The Labute approximate surface area is 260 Å². The SMILES string of the molecule is CCC1CC2C=CC1N(CCc1c[nH]c3cc(F)ccc13)C2.CCC1CC2C=CC1N(CCc1c[nH]c3ccc(F)cc13)C2. The Morgan fingerprint density at radius 1 is 0.659 bits per heavy atom. The summed E-state index contributed by atoms with van der Waals surface area (Å²) in [5.74, 6) is 2.77. The van der Waals surface area contributed by atoms with Crippen LogP contribution in [-0.2, 0) is 12.8 Å². The van der Waals surface area contributed by atoms with Crippen LogP contribution >= 0.6 is 0 Å². The molecular weight excluding hydrogens is 550 g/mol. The number of piperidine rings is 2. The highest BCUT2D eigenvalue weighted by Gasteiger charge is 2.37. The molecule has 2 aromatic carbocycles. The molecule has 2 fully saturated rings. The number of rotatable bonds is 8. The molecule has 4 aliphatic heterocycles. The summed E-state index contributed by atoms with van der Waals surface area (Å²) in [6, 6.07) is 11.3. The largest absolute Gasteiger partial charge is 0.361 e.